The smallest absolute Gasteiger partial charge is 0.332 e. The van der Waals surface area contributed by atoms with Crippen LogP contribution in [0.5, 0.6) is 0 Å². The van der Waals surface area contributed by atoms with Crippen LogP contribution in [0.25, 0.3) is 0 Å². The van der Waals surface area contributed by atoms with Gasteiger partial charge in [-0.2, -0.15) is 0 Å². The van der Waals surface area contributed by atoms with Crippen LogP contribution in [0.15, 0.2) is 25.3 Å². The molecule has 4 bridgehead atoms. The molecule has 6 saturated carbocycles. The van der Waals surface area contributed by atoms with E-state index < -0.39 is 58.7 Å². The van der Waals surface area contributed by atoms with Gasteiger partial charge in [0.05, 0.1) is 44.7 Å². The second-order valence-corrected chi connectivity index (χ2v) is 54.8. The molecular formula is C55H92O12S19. The van der Waals surface area contributed by atoms with Crippen LogP contribution in [0.3, 0.4) is 0 Å². The van der Waals surface area contributed by atoms with E-state index in [9.17, 15) is 24.9 Å². The maximum Gasteiger partial charge on any atom is 0.332 e. The van der Waals surface area contributed by atoms with Crippen LogP contribution in [0.4, 0.5) is 0 Å². The first-order chi connectivity index (χ1) is 40.5. The average molecular weight is 1550 g/mol. The molecule has 31 heteroatoms. The zero-order chi connectivity index (χ0) is 62.3. The lowest BCUT2D eigenvalue weighted by Gasteiger charge is -2.64. The molecule has 6 aliphatic carbocycles. The molecule has 9 rings (SSSR count). The molecule has 3 N–H and O–H groups in total. The van der Waals surface area contributed by atoms with Gasteiger partial charge in [-0.05, 0) is 106 Å². The van der Waals surface area contributed by atoms with Gasteiger partial charge in [-0.25, -0.2) is 4.79 Å². The third kappa shape index (κ3) is 17.5. The topological polar surface area (TPSA) is 159 Å². The summed E-state index contributed by atoms with van der Waals surface area (Å²) in [5, 5.41) is 32.7. The van der Waals surface area contributed by atoms with Crippen molar-refractivity contribution in [2.24, 2.45) is 68.0 Å². The molecule has 12 nitrogen and oxygen atoms in total. The summed E-state index contributed by atoms with van der Waals surface area (Å²) in [6, 6.07) is 0. The number of carbonyl (C=O) groups is 2. The molecule has 3 saturated heterocycles. The Kier molecular flexibility index (Phi) is 33.1. The summed E-state index contributed by atoms with van der Waals surface area (Å²) in [7, 11) is 29.0. The Hall–Kier alpha value is 2.28. The second-order valence-electron chi connectivity index (χ2n) is 24.7. The van der Waals surface area contributed by atoms with Gasteiger partial charge < -0.3 is 48.5 Å². The first kappa shape index (κ1) is 79.0. The molecule has 9 fully saturated rings. The van der Waals surface area contributed by atoms with Crippen LogP contribution < -0.4 is 0 Å². The number of aliphatic hydroxyl groups is 3. The normalized spacial score (nSPS) is 38.8. The molecule has 0 radical (unpaired) electrons. The Bertz CT molecular complexity index is 3000. The molecule has 86 heavy (non-hydrogen) atoms. The average Bonchev–Trinajstić information content (AvgIpc) is 1.45. The first-order valence-electron chi connectivity index (χ1n) is 28.9. The van der Waals surface area contributed by atoms with E-state index >= 15 is 0 Å². The lowest BCUT2D eigenvalue weighted by Crippen LogP contribution is -2.66. The number of esters is 2. The van der Waals surface area contributed by atoms with E-state index in [4.69, 9.17) is 55.5 Å². The summed E-state index contributed by atoms with van der Waals surface area (Å²) in [6.45, 7) is 32.3. The zero-order valence-electron chi connectivity index (χ0n) is 50.1. The summed E-state index contributed by atoms with van der Waals surface area (Å²) < 4.78 is 42.8. The van der Waals surface area contributed by atoms with Gasteiger partial charge in [-0.3, -0.25) is 4.79 Å². The Morgan fingerprint density at radius 1 is 0.547 bits per heavy atom. The minimum atomic E-state index is -0.691. The molecule has 17 atom stereocenters. The molecule has 3 unspecified atom stereocenters. The summed E-state index contributed by atoms with van der Waals surface area (Å²) in [4.78, 5) is 24.9. The quantitative estimate of drug-likeness (QED) is 0.171. The highest BCUT2D eigenvalue weighted by atomic mass is 33.5. The van der Waals surface area contributed by atoms with Crippen molar-refractivity contribution in [2.45, 2.75) is 202 Å². The van der Waals surface area contributed by atoms with Crippen molar-refractivity contribution in [3.05, 3.63) is 25.3 Å². The monoisotopic (exact) mass is 1550 g/mol. The van der Waals surface area contributed by atoms with E-state index in [2.05, 4.69) is 68.5 Å². The fourth-order valence-electron chi connectivity index (χ4n) is 16.5. The second kappa shape index (κ2) is 36.0. The maximum absolute atomic E-state index is 12.6. The predicted octanol–water partition coefficient (Wildman–Crippen LogP) is 9.31. The Labute approximate surface area is 571 Å². The lowest BCUT2D eigenvalue weighted by molar-refractivity contribution is -0.284. The SMILES string of the molecule is C.C=C[C@@]1(C)C[C@@H](OC(=O)CC)[C@@]2(C)C3C4(CC[C@@]3(CC[C@H]2C)[C@@H](C)[C@@H]1O)OCCO4.C=C[C@@]1(C)C[C@@H](OC(=O)CO)[C@@]2(C)C3C4(CC[C@@]3(CC[C@H]2C)[C@@H](C)[C@@H]1O)OCCO4.CC1CCCO1.S=S=S=S=S=S=S=S=S=S=S=S=S=S=S=S=S=S=S. The van der Waals surface area contributed by atoms with E-state index in [1.54, 1.807) is 133 Å². The zero-order valence-corrected chi connectivity index (χ0v) is 65.6. The Morgan fingerprint density at radius 2 is 0.895 bits per heavy atom. The molecular weight excluding hydrogens is 1460 g/mol. The third-order valence-corrected chi connectivity index (χ3v) is 56.7. The van der Waals surface area contributed by atoms with E-state index in [0.717, 1.165) is 58.0 Å². The van der Waals surface area contributed by atoms with Gasteiger partial charge in [0.25, 0.3) is 0 Å². The third-order valence-electron chi connectivity index (χ3n) is 21.2. The van der Waals surface area contributed by atoms with Crippen molar-refractivity contribution in [2.75, 3.05) is 39.6 Å². The molecule has 498 valence electrons. The van der Waals surface area contributed by atoms with E-state index in [-0.39, 0.29) is 65.3 Å². The highest BCUT2D eigenvalue weighted by molar-refractivity contribution is 8.78. The summed E-state index contributed by atoms with van der Waals surface area (Å²) >= 11 is 9.50. The van der Waals surface area contributed by atoms with Gasteiger partial charge >= 0.3 is 11.9 Å². The minimum Gasteiger partial charge on any atom is -0.462 e. The van der Waals surface area contributed by atoms with Gasteiger partial charge in [0.2, 0.25) is 0 Å². The minimum absolute atomic E-state index is 0. The molecule has 0 aromatic carbocycles. The fourth-order valence-corrected chi connectivity index (χ4v) is 57.7. The van der Waals surface area contributed by atoms with E-state index in [0.29, 0.717) is 57.7 Å². The van der Waals surface area contributed by atoms with Gasteiger partial charge in [0.1, 0.15) is 18.8 Å². The van der Waals surface area contributed by atoms with Crippen molar-refractivity contribution < 1.29 is 58.1 Å². The van der Waals surface area contributed by atoms with Crippen LogP contribution in [0.2, 0.25) is 0 Å². The standard InChI is InChI=1S/C25H40O5.C24H38O6.C5H10O.CH4.S19/c1-7-19(26)30-18-15-22(5,8-2)20(27)17(4)24-10-9-16(3)23(18,6)21(24)25(12-11-24)28-13-14-29-25;1-6-21(4)13-17(30-18(26)14-25)22(5)15(2)7-8-23(16(3)19(21)27)9-10-24(20(22)23)28-11-12-29-24;1-5-3-2-4-6-5;;1-3-5-7-9-11-13-15-17-19-18-16-14-12-10-8-6-4-2/h8,16-18,20-21,27H,2,7,9-15H2,1,3-6H3;6,15-17,19-20,25,27H,1,7-14H2,2-5H3;5H,2-4H2,1H3;1H4;/t16-,17+,18-,20+,21?,22+,23+,24+;15-,16+,17-,19+,20?,21+,22+,23+;;;/m11.../s1. The van der Waals surface area contributed by atoms with Gasteiger partial charge in [0, 0.05) is 233 Å². The van der Waals surface area contributed by atoms with E-state index in [1.165, 1.54) is 30.6 Å². The maximum atomic E-state index is 12.6. The molecule has 3 heterocycles. The summed E-state index contributed by atoms with van der Waals surface area (Å²) in [6.07, 6.45) is 13.8. The summed E-state index contributed by atoms with van der Waals surface area (Å²) in [5.74, 6) is -1.32. The number of aliphatic hydroxyl groups excluding tert-OH is 3. The summed E-state index contributed by atoms with van der Waals surface area (Å²) in [5.41, 5.74) is -2.12. The Balaban J connectivity index is 0.000000228. The van der Waals surface area contributed by atoms with Gasteiger partial charge in [0.15, 0.2) is 11.6 Å². The van der Waals surface area contributed by atoms with Crippen molar-refractivity contribution in [3.8, 4) is 0 Å². The molecule has 3 aliphatic heterocycles. The van der Waals surface area contributed by atoms with Gasteiger partial charge in [-0.15, -0.1) is 13.2 Å². The number of ether oxygens (including phenoxy) is 7. The highest BCUT2D eigenvalue weighted by Crippen LogP contribution is 2.74. The van der Waals surface area contributed by atoms with Crippen LogP contribution in [-0.4, -0.2) is 109 Å². The van der Waals surface area contributed by atoms with Gasteiger partial charge in [-0.1, -0.05) is 81.9 Å². The van der Waals surface area contributed by atoms with Crippen LogP contribution in [0.1, 0.15) is 160 Å². The number of hydrogen-bond acceptors (Lipinski definition) is 14. The largest absolute Gasteiger partial charge is 0.462 e. The van der Waals surface area contributed by atoms with Crippen LogP contribution in [-0.2, 0) is 216 Å². The lowest BCUT2D eigenvalue weighted by atomic mass is 9.43. The first-order valence-corrected chi connectivity index (χ1v) is 52.9. The van der Waals surface area contributed by atoms with Crippen molar-refractivity contribution >= 4 is 185 Å². The van der Waals surface area contributed by atoms with Crippen LogP contribution >= 0.6 is 0 Å². The number of hydrogen-bond donors (Lipinski definition) is 3. The number of rotatable bonds is 6. The molecule has 0 amide bonds. The predicted molar refractivity (Wildman–Crippen MR) is 397 cm³/mol. The molecule has 2 spiro atoms. The molecule has 9 aliphatic rings. The Morgan fingerprint density at radius 3 is 1.17 bits per heavy atom. The van der Waals surface area contributed by atoms with Crippen molar-refractivity contribution in [1.82, 2.24) is 0 Å². The highest BCUT2D eigenvalue weighted by Gasteiger charge is 2.76. The van der Waals surface area contributed by atoms with Crippen molar-refractivity contribution in [1.29, 1.82) is 0 Å². The molecule has 0 aromatic heterocycles. The fraction of sp³-hybridized carbons (Fsp3) is 0.891. The van der Waals surface area contributed by atoms with Crippen LogP contribution in [0, 0.1) is 68.0 Å². The van der Waals surface area contributed by atoms with Crippen molar-refractivity contribution in [3.63, 3.8) is 0 Å². The molecule has 0 aromatic rings. The number of carbonyl (C=O) groups excluding carboxylic acids is 2. The van der Waals surface area contributed by atoms with E-state index in [1.807, 2.05) is 26.0 Å².